The van der Waals surface area contributed by atoms with Crippen molar-refractivity contribution < 1.29 is 26.7 Å². The molecule has 0 aromatic heterocycles. The molecule has 0 atom stereocenters. The molecule has 0 unspecified atom stereocenters. The molecule has 21 heavy (non-hydrogen) atoms. The normalized spacial score (nSPS) is 8.48. The first kappa shape index (κ1) is 18.8. The monoisotopic (exact) mass is 328 g/mol. The van der Waals surface area contributed by atoms with Gasteiger partial charge in [-0.2, -0.15) is 0 Å². The zero-order valence-corrected chi connectivity index (χ0v) is 11.9. The third-order valence-corrected chi connectivity index (χ3v) is 2.26. The van der Waals surface area contributed by atoms with Crippen molar-refractivity contribution in [2.45, 2.75) is 0 Å². The minimum absolute atomic E-state index is 0. The molecule has 7 heteroatoms. The predicted molar refractivity (Wildman–Crippen MR) is 74.6 cm³/mol. The van der Waals surface area contributed by atoms with Gasteiger partial charge in [0.05, 0.1) is 0 Å². The van der Waals surface area contributed by atoms with Gasteiger partial charge in [0, 0.05) is 11.1 Å². The molecular weight excluding hydrogens is 316 g/mol. The minimum Gasteiger partial charge on any atom is -0.759 e. The van der Waals surface area contributed by atoms with Gasteiger partial charge in [-0.25, -0.2) is 0 Å². The molecule has 2 N–H and O–H groups in total. The van der Waals surface area contributed by atoms with E-state index in [1.165, 1.54) is 11.0 Å². The van der Waals surface area contributed by atoms with E-state index < -0.39 is 11.8 Å². The van der Waals surface area contributed by atoms with E-state index >= 15 is 0 Å². The van der Waals surface area contributed by atoms with E-state index in [0.29, 0.717) is 11.1 Å². The van der Waals surface area contributed by atoms with Gasteiger partial charge in [-0.1, -0.05) is 36.4 Å². The molecule has 0 bridgehead atoms. The molecule has 0 spiro atoms. The first-order valence-corrected chi connectivity index (χ1v) is 5.64. The summed E-state index contributed by atoms with van der Waals surface area (Å²) in [6, 6.07) is 16.7. The number of hydrogen-bond donors (Lipinski definition) is 2. The fourth-order valence-corrected chi connectivity index (χ4v) is 1.30. The number of nitrogens with one attached hydrogen (secondary N) is 2. The van der Waals surface area contributed by atoms with Gasteiger partial charge in [0.2, 0.25) is 11.8 Å². The zero-order chi connectivity index (χ0) is 14.8. The third kappa shape index (κ3) is 6.69. The smallest absolute Gasteiger partial charge is 0.759 e. The number of hydrogen-bond acceptors (Lipinski definition) is 4. The summed E-state index contributed by atoms with van der Waals surface area (Å²) in [4.78, 5) is 21.2. The topological polar surface area (TPSA) is 104 Å². The Labute approximate surface area is 132 Å². The van der Waals surface area contributed by atoms with Crippen LogP contribution in [0.5, 0.6) is 0 Å². The maximum atomic E-state index is 10.6. The molecular formula is C14H12FeN2O4. The van der Waals surface area contributed by atoms with Crippen molar-refractivity contribution in [3.8, 4) is 0 Å². The van der Waals surface area contributed by atoms with Gasteiger partial charge < -0.3 is 21.4 Å². The zero-order valence-electron chi connectivity index (χ0n) is 10.8. The second kappa shape index (κ2) is 10.6. The van der Waals surface area contributed by atoms with Crippen LogP contribution in [0, 0.1) is 10.4 Å². The maximum Gasteiger partial charge on any atom is 2.00 e. The van der Waals surface area contributed by atoms with Crippen LogP contribution in [0.15, 0.2) is 60.7 Å². The van der Waals surface area contributed by atoms with Crippen LogP contribution in [0.4, 0.5) is 0 Å². The van der Waals surface area contributed by atoms with Crippen molar-refractivity contribution in [3.63, 3.8) is 0 Å². The van der Waals surface area contributed by atoms with Crippen LogP contribution >= 0.6 is 0 Å². The molecule has 0 fully saturated rings. The van der Waals surface area contributed by atoms with E-state index in [4.69, 9.17) is 0 Å². The third-order valence-electron chi connectivity index (χ3n) is 2.26. The summed E-state index contributed by atoms with van der Waals surface area (Å²) in [5.41, 5.74) is 3.36. The molecule has 2 amide bonds. The Morgan fingerprint density at radius 1 is 0.667 bits per heavy atom. The Balaban J connectivity index is 0.000000364. The molecule has 2 aromatic carbocycles. The molecule has 0 heterocycles. The van der Waals surface area contributed by atoms with Gasteiger partial charge in [0.1, 0.15) is 0 Å². The SMILES string of the molecule is O=C(N[O-])c1ccccc1.O=C(N[O-])c1ccccc1.[Fe+2]. The Morgan fingerprint density at radius 3 is 1.19 bits per heavy atom. The summed E-state index contributed by atoms with van der Waals surface area (Å²) < 4.78 is 0. The van der Waals surface area contributed by atoms with Crippen molar-refractivity contribution >= 4 is 11.8 Å². The van der Waals surface area contributed by atoms with Gasteiger partial charge in [-0.15, -0.1) is 0 Å². The van der Waals surface area contributed by atoms with Crippen LogP contribution in [-0.2, 0) is 17.1 Å². The van der Waals surface area contributed by atoms with E-state index in [9.17, 15) is 20.0 Å². The number of amides is 2. The van der Waals surface area contributed by atoms with E-state index in [-0.39, 0.29) is 17.1 Å². The van der Waals surface area contributed by atoms with Crippen LogP contribution in [0.2, 0.25) is 0 Å². The summed E-state index contributed by atoms with van der Waals surface area (Å²) in [5.74, 6) is -1.19. The van der Waals surface area contributed by atoms with Gasteiger partial charge in [0.15, 0.2) is 0 Å². The summed E-state index contributed by atoms with van der Waals surface area (Å²) >= 11 is 0. The number of hydroxylamine groups is 2. The largest absolute Gasteiger partial charge is 2.00 e. The summed E-state index contributed by atoms with van der Waals surface area (Å²) in [6.45, 7) is 0. The Kier molecular flexibility index (Phi) is 9.49. The van der Waals surface area contributed by atoms with Gasteiger partial charge >= 0.3 is 17.1 Å². The van der Waals surface area contributed by atoms with Crippen LogP contribution in [-0.4, -0.2) is 11.8 Å². The second-order valence-corrected chi connectivity index (χ2v) is 3.59. The minimum atomic E-state index is -0.597. The first-order valence-electron chi connectivity index (χ1n) is 5.64. The van der Waals surface area contributed by atoms with Crippen LogP contribution in [0.3, 0.4) is 0 Å². The van der Waals surface area contributed by atoms with E-state index in [1.54, 1.807) is 60.7 Å². The van der Waals surface area contributed by atoms with Gasteiger partial charge in [-0.05, 0) is 24.3 Å². The molecule has 0 radical (unpaired) electrons. The molecule has 0 aliphatic rings. The fourth-order valence-electron chi connectivity index (χ4n) is 1.30. The van der Waals surface area contributed by atoms with Crippen molar-refractivity contribution in [1.29, 1.82) is 0 Å². The van der Waals surface area contributed by atoms with E-state index in [1.807, 2.05) is 0 Å². The number of carbonyl (C=O) groups is 2. The number of rotatable bonds is 2. The van der Waals surface area contributed by atoms with Gasteiger partial charge in [-0.3, -0.25) is 9.59 Å². The molecule has 110 valence electrons. The number of carbonyl (C=O) groups excluding carboxylic acids is 2. The van der Waals surface area contributed by atoms with Crippen molar-refractivity contribution in [2.75, 3.05) is 0 Å². The molecule has 0 saturated heterocycles. The predicted octanol–water partition coefficient (Wildman–Crippen LogP) is 1.83. The van der Waals surface area contributed by atoms with Crippen LogP contribution in [0.25, 0.3) is 0 Å². The Hall–Kier alpha value is -2.18. The maximum absolute atomic E-state index is 10.6. The van der Waals surface area contributed by atoms with Crippen molar-refractivity contribution in [2.24, 2.45) is 0 Å². The molecule has 2 rings (SSSR count). The van der Waals surface area contributed by atoms with E-state index in [0.717, 1.165) is 0 Å². The fraction of sp³-hybridized carbons (Fsp3) is 0. The Bertz CT molecular complexity index is 498. The molecule has 0 saturated carbocycles. The second-order valence-electron chi connectivity index (χ2n) is 3.59. The van der Waals surface area contributed by atoms with Crippen molar-refractivity contribution in [3.05, 3.63) is 82.2 Å². The molecule has 0 aliphatic heterocycles. The summed E-state index contributed by atoms with van der Waals surface area (Å²) in [6.07, 6.45) is 0. The average molecular weight is 328 g/mol. The average Bonchev–Trinajstić information content (AvgIpc) is 2.55. The number of benzene rings is 2. The quantitative estimate of drug-likeness (QED) is 0.648. The van der Waals surface area contributed by atoms with Crippen LogP contribution in [0.1, 0.15) is 20.7 Å². The Morgan fingerprint density at radius 2 is 0.952 bits per heavy atom. The first-order chi connectivity index (χ1) is 9.69. The van der Waals surface area contributed by atoms with E-state index in [2.05, 4.69) is 0 Å². The summed E-state index contributed by atoms with van der Waals surface area (Å²) in [5, 5.41) is 19.7. The van der Waals surface area contributed by atoms with Crippen molar-refractivity contribution in [1.82, 2.24) is 11.0 Å². The summed E-state index contributed by atoms with van der Waals surface area (Å²) in [7, 11) is 0. The van der Waals surface area contributed by atoms with Gasteiger partial charge in [0.25, 0.3) is 0 Å². The molecule has 2 aromatic rings. The molecule has 0 aliphatic carbocycles. The standard InChI is InChI=1S/2C7H6NO2.Fe/c2*9-7(8-10)6-4-2-1-3-5-6;/h2*1-5H,(H-,8,9,10);/q2*-1;+2. The molecule has 6 nitrogen and oxygen atoms in total. The van der Waals surface area contributed by atoms with Crippen LogP contribution < -0.4 is 11.0 Å².